The number of carbonyl (C=O) groups is 3. The maximum Gasteiger partial charge on any atom is 0.357 e. The van der Waals surface area contributed by atoms with E-state index < -0.39 is 23.6 Å². The molecular formula is C22H18N4O6. The first kappa shape index (κ1) is 21.9. The number of hydrogen-bond donors (Lipinski definition) is 4. The maximum atomic E-state index is 12.6. The zero-order valence-electron chi connectivity index (χ0n) is 17.0. The highest BCUT2D eigenvalue weighted by Crippen LogP contribution is 2.27. The number of carboxylic acid groups (broad SMARTS) is 1. The highest BCUT2D eigenvalue weighted by atomic mass is 16.5. The highest BCUT2D eigenvalue weighted by molar-refractivity contribution is 6.05. The highest BCUT2D eigenvalue weighted by Gasteiger charge is 2.23. The standard InChI is InChI=1S/C22H18N4O6/c1-11-7-12(20(28)25-14-4-6-17(27)15(8-14)21(29)30)3-5-16(11)26-10-13(9-23)18(24)19(26)22(31)32-2/h3-8,10,27H,24H2,1-2H3,(H,25,28)(H,29,30). The molecule has 162 valence electrons. The summed E-state index contributed by atoms with van der Waals surface area (Å²) in [6, 6.07) is 10.2. The zero-order chi connectivity index (χ0) is 23.6. The van der Waals surface area contributed by atoms with Gasteiger partial charge in [-0.15, -0.1) is 0 Å². The van der Waals surface area contributed by atoms with Gasteiger partial charge in [-0.3, -0.25) is 4.79 Å². The van der Waals surface area contributed by atoms with E-state index in [1.807, 2.05) is 6.07 Å². The monoisotopic (exact) mass is 434 g/mol. The Bertz CT molecular complexity index is 1300. The summed E-state index contributed by atoms with van der Waals surface area (Å²) >= 11 is 0. The Hall–Kier alpha value is -4.78. The van der Waals surface area contributed by atoms with Crippen molar-refractivity contribution in [1.82, 2.24) is 4.57 Å². The molecule has 3 rings (SSSR count). The van der Waals surface area contributed by atoms with E-state index in [0.717, 1.165) is 6.07 Å². The number of nitrogens with one attached hydrogen (secondary N) is 1. The molecule has 2 aromatic carbocycles. The van der Waals surface area contributed by atoms with Crippen molar-refractivity contribution in [1.29, 1.82) is 5.26 Å². The topological polar surface area (TPSA) is 168 Å². The predicted octanol–water partition coefficient (Wildman–Crippen LogP) is 2.68. The number of phenols is 1. The Morgan fingerprint density at radius 2 is 1.91 bits per heavy atom. The molecule has 0 fully saturated rings. The van der Waals surface area contributed by atoms with Crippen LogP contribution >= 0.6 is 0 Å². The number of benzene rings is 2. The number of hydrogen-bond acceptors (Lipinski definition) is 7. The van der Waals surface area contributed by atoms with E-state index in [1.54, 1.807) is 19.1 Å². The summed E-state index contributed by atoms with van der Waals surface area (Å²) in [5, 5.41) is 30.5. The van der Waals surface area contributed by atoms with Crippen molar-refractivity contribution in [3.63, 3.8) is 0 Å². The number of anilines is 2. The number of nitrogens with two attached hydrogens (primary N) is 1. The van der Waals surface area contributed by atoms with Crippen LogP contribution in [-0.2, 0) is 4.74 Å². The summed E-state index contributed by atoms with van der Waals surface area (Å²) in [7, 11) is 1.20. The number of carbonyl (C=O) groups excluding carboxylic acids is 2. The van der Waals surface area contributed by atoms with Gasteiger partial charge in [-0.05, 0) is 48.9 Å². The molecule has 1 aromatic heterocycles. The number of ether oxygens (including phenoxy) is 1. The van der Waals surface area contributed by atoms with Crippen LogP contribution in [0.5, 0.6) is 5.75 Å². The first-order valence-electron chi connectivity index (χ1n) is 9.15. The zero-order valence-corrected chi connectivity index (χ0v) is 17.0. The van der Waals surface area contributed by atoms with Crippen molar-refractivity contribution in [2.45, 2.75) is 6.92 Å². The van der Waals surface area contributed by atoms with Gasteiger partial charge in [0.2, 0.25) is 0 Å². The molecular weight excluding hydrogens is 416 g/mol. The van der Waals surface area contributed by atoms with E-state index in [0.29, 0.717) is 11.3 Å². The van der Waals surface area contributed by atoms with Crippen LogP contribution < -0.4 is 11.1 Å². The number of aromatic hydroxyl groups is 1. The average molecular weight is 434 g/mol. The number of carboxylic acids is 1. The fourth-order valence-corrected chi connectivity index (χ4v) is 3.16. The molecule has 1 amide bonds. The number of aryl methyl sites for hydroxylation is 1. The summed E-state index contributed by atoms with van der Waals surface area (Å²) in [5.74, 6) is -2.98. The van der Waals surface area contributed by atoms with Crippen LogP contribution in [0.4, 0.5) is 11.4 Å². The molecule has 0 spiro atoms. The van der Waals surface area contributed by atoms with Crippen molar-refractivity contribution in [2.75, 3.05) is 18.2 Å². The Labute approximate surface area is 182 Å². The molecule has 1 heterocycles. The normalized spacial score (nSPS) is 10.3. The lowest BCUT2D eigenvalue weighted by Gasteiger charge is -2.13. The number of amides is 1. The fourth-order valence-electron chi connectivity index (χ4n) is 3.16. The van der Waals surface area contributed by atoms with Gasteiger partial charge in [0.15, 0.2) is 5.69 Å². The van der Waals surface area contributed by atoms with Gasteiger partial charge in [0.25, 0.3) is 5.91 Å². The molecule has 0 aliphatic rings. The molecule has 5 N–H and O–H groups in total. The van der Waals surface area contributed by atoms with E-state index in [4.69, 9.17) is 15.6 Å². The molecule has 0 bridgehead atoms. The summed E-state index contributed by atoms with van der Waals surface area (Å²) in [5.41, 5.74) is 7.22. The minimum Gasteiger partial charge on any atom is -0.507 e. The van der Waals surface area contributed by atoms with Gasteiger partial charge in [0.05, 0.1) is 18.4 Å². The van der Waals surface area contributed by atoms with Gasteiger partial charge in [0, 0.05) is 23.1 Å². The summed E-state index contributed by atoms with van der Waals surface area (Å²) < 4.78 is 6.19. The van der Waals surface area contributed by atoms with E-state index >= 15 is 0 Å². The van der Waals surface area contributed by atoms with Crippen LogP contribution in [0.2, 0.25) is 0 Å². The summed E-state index contributed by atoms with van der Waals surface area (Å²) in [6.45, 7) is 1.71. The minimum absolute atomic E-state index is 0.00496. The summed E-state index contributed by atoms with van der Waals surface area (Å²) in [4.78, 5) is 36.0. The fraction of sp³-hybridized carbons (Fsp3) is 0.0909. The average Bonchev–Trinajstić information content (AvgIpc) is 3.10. The number of nitrogen functional groups attached to an aromatic ring is 1. The second-order valence-electron chi connectivity index (χ2n) is 6.77. The SMILES string of the molecule is COC(=O)c1c(N)c(C#N)cn1-c1ccc(C(=O)Nc2ccc(O)c(C(=O)O)c2)cc1C. The van der Waals surface area contributed by atoms with Gasteiger partial charge in [-0.25, -0.2) is 9.59 Å². The van der Waals surface area contributed by atoms with Gasteiger partial charge >= 0.3 is 11.9 Å². The molecule has 0 saturated carbocycles. The number of methoxy groups -OCH3 is 1. The number of aromatic carboxylic acids is 1. The van der Waals surface area contributed by atoms with Crippen LogP contribution in [0.3, 0.4) is 0 Å². The number of aromatic nitrogens is 1. The van der Waals surface area contributed by atoms with E-state index in [1.165, 1.54) is 36.1 Å². The molecule has 32 heavy (non-hydrogen) atoms. The van der Waals surface area contributed by atoms with Gasteiger partial charge < -0.3 is 30.6 Å². The molecule has 0 aliphatic carbocycles. The molecule has 0 radical (unpaired) electrons. The number of esters is 1. The van der Waals surface area contributed by atoms with Crippen molar-refractivity contribution in [2.24, 2.45) is 0 Å². The number of nitrogens with zero attached hydrogens (tertiary/aromatic N) is 2. The quantitative estimate of drug-likeness (QED) is 0.351. The van der Waals surface area contributed by atoms with E-state index in [-0.39, 0.29) is 33.8 Å². The van der Waals surface area contributed by atoms with Crippen molar-refractivity contribution >= 4 is 29.2 Å². The van der Waals surface area contributed by atoms with Gasteiger partial charge in [-0.1, -0.05) is 0 Å². The van der Waals surface area contributed by atoms with E-state index in [2.05, 4.69) is 5.32 Å². The van der Waals surface area contributed by atoms with Gasteiger partial charge in [-0.2, -0.15) is 5.26 Å². The molecule has 0 unspecified atom stereocenters. The Kier molecular flexibility index (Phi) is 5.84. The lowest BCUT2D eigenvalue weighted by molar-refractivity contribution is 0.0592. The first-order chi connectivity index (χ1) is 15.2. The van der Waals surface area contributed by atoms with Crippen LogP contribution in [0, 0.1) is 18.3 Å². The third kappa shape index (κ3) is 3.95. The van der Waals surface area contributed by atoms with Crippen molar-refractivity contribution in [3.05, 3.63) is 70.5 Å². The largest absolute Gasteiger partial charge is 0.507 e. The first-order valence-corrected chi connectivity index (χ1v) is 9.15. The smallest absolute Gasteiger partial charge is 0.357 e. The summed E-state index contributed by atoms with van der Waals surface area (Å²) in [6.07, 6.45) is 1.41. The van der Waals surface area contributed by atoms with Crippen molar-refractivity contribution in [3.8, 4) is 17.5 Å². The second-order valence-corrected chi connectivity index (χ2v) is 6.77. The van der Waals surface area contributed by atoms with Crippen LogP contribution in [0.25, 0.3) is 5.69 Å². The molecule has 0 atom stereocenters. The Balaban J connectivity index is 1.95. The number of nitriles is 1. The molecule has 0 saturated heterocycles. The Morgan fingerprint density at radius 3 is 2.50 bits per heavy atom. The third-order valence-corrected chi connectivity index (χ3v) is 4.75. The number of rotatable bonds is 5. The third-order valence-electron chi connectivity index (χ3n) is 4.75. The molecule has 0 aliphatic heterocycles. The van der Waals surface area contributed by atoms with Crippen molar-refractivity contribution < 1.29 is 29.3 Å². The lowest BCUT2D eigenvalue weighted by Crippen LogP contribution is -2.14. The minimum atomic E-state index is -1.33. The second kappa shape index (κ2) is 8.53. The maximum absolute atomic E-state index is 12.6. The van der Waals surface area contributed by atoms with Gasteiger partial charge in [0.1, 0.15) is 17.4 Å². The molecule has 10 heteroatoms. The van der Waals surface area contributed by atoms with Crippen LogP contribution in [0.1, 0.15) is 42.3 Å². The van der Waals surface area contributed by atoms with Crippen LogP contribution in [0.15, 0.2) is 42.6 Å². The predicted molar refractivity (Wildman–Crippen MR) is 114 cm³/mol. The molecule has 10 nitrogen and oxygen atoms in total. The van der Waals surface area contributed by atoms with E-state index in [9.17, 15) is 24.8 Å². The van der Waals surface area contributed by atoms with Crippen LogP contribution in [-0.4, -0.2) is 39.7 Å². The Morgan fingerprint density at radius 1 is 1.19 bits per heavy atom. The molecule has 3 aromatic rings. The lowest BCUT2D eigenvalue weighted by atomic mass is 10.1.